The largest absolute Gasteiger partial charge is 0.493 e. The third-order valence-corrected chi connectivity index (χ3v) is 13.5. The molecule has 5 heterocycles. The normalized spacial score (nSPS) is 24.5. The van der Waals surface area contributed by atoms with Gasteiger partial charge in [-0.2, -0.15) is 0 Å². The van der Waals surface area contributed by atoms with Crippen molar-refractivity contribution in [1.82, 2.24) is 0 Å². The van der Waals surface area contributed by atoms with Gasteiger partial charge in [0, 0.05) is 70.7 Å². The van der Waals surface area contributed by atoms with Crippen molar-refractivity contribution in [3.8, 4) is 11.5 Å². The molecule has 6 aliphatic rings. The summed E-state index contributed by atoms with van der Waals surface area (Å²) in [5.74, 6) is 2.19. The van der Waals surface area contributed by atoms with E-state index in [0.717, 1.165) is 115 Å². The summed E-state index contributed by atoms with van der Waals surface area (Å²) in [7, 11) is 0. The maximum Gasteiger partial charge on any atom is 0.206 e. The fourth-order valence-corrected chi connectivity index (χ4v) is 10.6. The Morgan fingerprint density at radius 1 is 0.596 bits per heavy atom. The zero-order valence-corrected chi connectivity index (χ0v) is 32.7. The van der Waals surface area contributed by atoms with E-state index in [1.807, 2.05) is 0 Å². The van der Waals surface area contributed by atoms with Gasteiger partial charge in [-0.05, 0) is 117 Å². The molecule has 2 fully saturated rings. The van der Waals surface area contributed by atoms with E-state index in [-0.39, 0.29) is 10.8 Å². The number of likely N-dealkylation sites (N-methyl/N-ethyl adjacent to an activating group) is 2. The second kappa shape index (κ2) is 14.2. The van der Waals surface area contributed by atoms with E-state index < -0.39 is 0 Å². The maximum absolute atomic E-state index is 6.11. The van der Waals surface area contributed by atoms with E-state index in [1.54, 1.807) is 0 Å². The second-order valence-electron chi connectivity index (χ2n) is 15.5. The van der Waals surface area contributed by atoms with Crippen molar-refractivity contribution in [2.24, 2.45) is 0 Å². The lowest BCUT2D eigenvalue weighted by Crippen LogP contribution is -2.36. The molecule has 52 heavy (non-hydrogen) atoms. The minimum Gasteiger partial charge on any atom is -0.493 e. The Labute approximate surface area is 312 Å². The summed E-state index contributed by atoms with van der Waals surface area (Å²) in [5, 5.41) is 0. The molecule has 0 bridgehead atoms. The number of morpholine rings is 1. The average molecular weight is 703 g/mol. The minimum atomic E-state index is -0.0176. The molecule has 0 spiro atoms. The number of anilines is 2. The van der Waals surface area contributed by atoms with Crippen LogP contribution in [0.15, 0.2) is 71.1 Å². The summed E-state index contributed by atoms with van der Waals surface area (Å²) in [4.78, 5) is 5.20. The number of benzene rings is 2. The summed E-state index contributed by atoms with van der Waals surface area (Å²) in [5.41, 5.74) is 15.6. The molecule has 0 atom stereocenters. The fourth-order valence-electron chi connectivity index (χ4n) is 10.6. The molecule has 276 valence electrons. The molecule has 6 heteroatoms. The molecule has 0 radical (unpaired) electrons. The highest BCUT2D eigenvalue weighted by Gasteiger charge is 2.46. The molecular formula is C46H60N3O3+. The Balaban J connectivity index is 1.22. The van der Waals surface area contributed by atoms with Crippen LogP contribution in [0.4, 0.5) is 11.4 Å². The highest BCUT2D eigenvalue weighted by Crippen LogP contribution is 2.55. The highest BCUT2D eigenvalue weighted by molar-refractivity contribution is 6.10. The molecule has 1 saturated heterocycles. The van der Waals surface area contributed by atoms with Gasteiger partial charge in [0.25, 0.3) is 0 Å². The lowest BCUT2D eigenvalue weighted by atomic mass is 9.74. The van der Waals surface area contributed by atoms with Crippen LogP contribution in [-0.2, 0) is 28.4 Å². The zero-order chi connectivity index (χ0) is 36.0. The first-order chi connectivity index (χ1) is 25.5. The van der Waals surface area contributed by atoms with E-state index in [1.165, 1.54) is 68.3 Å². The third kappa shape index (κ3) is 5.41. The van der Waals surface area contributed by atoms with Crippen LogP contribution in [0.2, 0.25) is 0 Å². The van der Waals surface area contributed by atoms with Gasteiger partial charge < -0.3 is 24.0 Å². The van der Waals surface area contributed by atoms with E-state index in [2.05, 4.69) is 104 Å². The third-order valence-electron chi connectivity index (χ3n) is 13.5. The predicted molar refractivity (Wildman–Crippen MR) is 214 cm³/mol. The van der Waals surface area contributed by atoms with Gasteiger partial charge in [-0.3, -0.25) is 0 Å². The Morgan fingerprint density at radius 2 is 1.06 bits per heavy atom. The summed E-state index contributed by atoms with van der Waals surface area (Å²) in [6, 6.07) is 9.64. The number of ether oxygens (including phenoxy) is 3. The van der Waals surface area contributed by atoms with Crippen LogP contribution in [0.5, 0.6) is 11.5 Å². The van der Waals surface area contributed by atoms with Crippen molar-refractivity contribution >= 4 is 17.1 Å². The van der Waals surface area contributed by atoms with Crippen LogP contribution >= 0.6 is 0 Å². The Hall–Kier alpha value is -3.77. The first-order valence-electron chi connectivity index (χ1n) is 20.6. The molecule has 0 unspecified atom stereocenters. The van der Waals surface area contributed by atoms with Crippen LogP contribution in [0.3, 0.4) is 0 Å². The summed E-state index contributed by atoms with van der Waals surface area (Å²) in [6.07, 6.45) is 19.7. The molecule has 0 aromatic heterocycles. The van der Waals surface area contributed by atoms with Gasteiger partial charge in [0.15, 0.2) is 13.1 Å². The number of fused-ring (bicyclic) bond motifs is 4. The van der Waals surface area contributed by atoms with Crippen molar-refractivity contribution in [2.75, 3.05) is 62.4 Å². The number of rotatable bonds is 8. The van der Waals surface area contributed by atoms with Gasteiger partial charge in [0.05, 0.1) is 13.2 Å². The topological polar surface area (TPSA) is 37.2 Å². The van der Waals surface area contributed by atoms with Crippen LogP contribution in [0, 0.1) is 0 Å². The predicted octanol–water partition coefficient (Wildman–Crippen LogP) is 9.34. The van der Waals surface area contributed by atoms with Crippen molar-refractivity contribution in [2.45, 2.75) is 110 Å². The van der Waals surface area contributed by atoms with Crippen LogP contribution in [0.25, 0.3) is 0 Å². The fraction of sp³-hybridized carbons (Fsp3) is 0.543. The molecule has 6 nitrogen and oxygen atoms in total. The standard InChI is InChI=1S/C46H60N3O3/c1-7-45(8-2)36-30-40-34(20-24-51-40)28-38(36)48(11-5)42(45)18-16-32-14-13-15-33(44(32)47-22-26-50-27-23-47)17-19-43-46(9-3,10-4)37-31-41-35(21-25-52-41)29-39(37)49(43)12-6/h16-19,28-31H,7-15,20-27H2,1-6H3/q+1. The number of hydrogen-bond donors (Lipinski definition) is 0. The molecule has 0 amide bonds. The van der Waals surface area contributed by atoms with Gasteiger partial charge >= 0.3 is 0 Å². The monoisotopic (exact) mass is 702 g/mol. The summed E-state index contributed by atoms with van der Waals surface area (Å²) < 4.78 is 20.7. The molecule has 1 aliphatic carbocycles. The van der Waals surface area contributed by atoms with E-state index in [4.69, 9.17) is 14.2 Å². The van der Waals surface area contributed by atoms with Crippen molar-refractivity contribution < 1.29 is 18.8 Å². The Bertz CT molecular complexity index is 1750. The van der Waals surface area contributed by atoms with Crippen LogP contribution in [-0.4, -0.2) is 62.9 Å². The number of nitrogens with zero attached hydrogens (tertiary/aromatic N) is 3. The molecule has 5 aliphatic heterocycles. The second-order valence-corrected chi connectivity index (χ2v) is 15.5. The van der Waals surface area contributed by atoms with Crippen LogP contribution < -0.4 is 19.3 Å². The zero-order valence-electron chi connectivity index (χ0n) is 32.7. The van der Waals surface area contributed by atoms with Gasteiger partial charge in [-0.1, -0.05) is 39.8 Å². The highest BCUT2D eigenvalue weighted by atomic mass is 16.5. The lowest BCUT2D eigenvalue weighted by Gasteiger charge is -2.32. The van der Waals surface area contributed by atoms with Gasteiger partial charge in [0.2, 0.25) is 5.71 Å². The Morgan fingerprint density at radius 3 is 1.48 bits per heavy atom. The SMILES string of the molecule is CCN1C(=CC=C2CCC/C(=C\C=C3/N(CC)c4cc5c(cc4C3(CC)CC)OCC5)C2=[N+]2CCOCC2)C(CC)(CC)c2cc3c(cc21)CCO3. The molecule has 1 saturated carbocycles. The first-order valence-corrected chi connectivity index (χ1v) is 20.6. The summed E-state index contributed by atoms with van der Waals surface area (Å²) in [6.45, 7) is 21.1. The van der Waals surface area contributed by atoms with Gasteiger partial charge in [-0.15, -0.1) is 0 Å². The van der Waals surface area contributed by atoms with Crippen molar-refractivity contribution in [3.63, 3.8) is 0 Å². The Kier molecular flexibility index (Phi) is 9.65. The molecule has 8 rings (SSSR count). The average Bonchev–Trinajstić information content (AvgIpc) is 3.96. The molecule has 2 aromatic carbocycles. The van der Waals surface area contributed by atoms with E-state index in [0.29, 0.717) is 0 Å². The van der Waals surface area contributed by atoms with Gasteiger partial charge in [-0.25, -0.2) is 4.58 Å². The smallest absolute Gasteiger partial charge is 0.206 e. The van der Waals surface area contributed by atoms with E-state index in [9.17, 15) is 0 Å². The molecule has 2 aromatic rings. The van der Waals surface area contributed by atoms with E-state index >= 15 is 0 Å². The first kappa shape index (κ1) is 35.3. The van der Waals surface area contributed by atoms with Gasteiger partial charge in [0.1, 0.15) is 24.7 Å². The van der Waals surface area contributed by atoms with Crippen molar-refractivity contribution in [3.05, 3.63) is 93.4 Å². The molecule has 0 N–H and O–H groups in total. The van der Waals surface area contributed by atoms with Crippen LogP contribution in [0.1, 0.15) is 109 Å². The minimum absolute atomic E-state index is 0.0176. The quantitative estimate of drug-likeness (QED) is 0.257. The summed E-state index contributed by atoms with van der Waals surface area (Å²) >= 11 is 0. The maximum atomic E-state index is 6.11. The number of allylic oxidation sites excluding steroid dienone is 8. The lowest BCUT2D eigenvalue weighted by molar-refractivity contribution is -0.548. The van der Waals surface area contributed by atoms with Crippen molar-refractivity contribution in [1.29, 1.82) is 0 Å². The number of hydrogen-bond acceptors (Lipinski definition) is 5. The molecular weight excluding hydrogens is 643 g/mol.